The molecule has 1 unspecified atom stereocenters. The predicted octanol–water partition coefficient (Wildman–Crippen LogP) is 2.15. The van der Waals surface area contributed by atoms with E-state index in [2.05, 4.69) is 18.9 Å². The van der Waals surface area contributed by atoms with Gasteiger partial charge in [-0.25, -0.2) is 4.68 Å². The average molecular weight is 261 g/mol. The standard InChI is InChI=1S/C14H19N3O2/c1-5-6-12-13(18)11(7-15)14(19)17(16-12)8-10(4)9(2)3/h5-6,9-10,18H,8H2,1-4H3/b6-5-. The van der Waals surface area contributed by atoms with Crippen LogP contribution in [0.5, 0.6) is 5.75 Å². The molecule has 1 rings (SSSR count). The molecule has 0 aliphatic carbocycles. The number of nitriles is 1. The molecule has 0 aromatic carbocycles. The molecule has 0 spiro atoms. The van der Waals surface area contributed by atoms with E-state index in [0.717, 1.165) is 0 Å². The highest BCUT2D eigenvalue weighted by Crippen LogP contribution is 2.19. The van der Waals surface area contributed by atoms with Crippen molar-refractivity contribution in [3.05, 3.63) is 27.7 Å². The molecule has 1 N–H and O–H groups in total. The molecule has 102 valence electrons. The summed E-state index contributed by atoms with van der Waals surface area (Å²) in [4.78, 5) is 12.0. The van der Waals surface area contributed by atoms with Gasteiger partial charge in [-0.3, -0.25) is 4.79 Å². The number of hydrogen-bond acceptors (Lipinski definition) is 4. The molecule has 0 radical (unpaired) electrons. The van der Waals surface area contributed by atoms with E-state index in [4.69, 9.17) is 5.26 Å². The molecule has 0 bridgehead atoms. The molecular formula is C14H19N3O2. The van der Waals surface area contributed by atoms with E-state index < -0.39 is 5.56 Å². The predicted molar refractivity (Wildman–Crippen MR) is 73.6 cm³/mol. The molecule has 1 aromatic heterocycles. The van der Waals surface area contributed by atoms with Crippen LogP contribution >= 0.6 is 0 Å². The van der Waals surface area contributed by atoms with Gasteiger partial charge < -0.3 is 5.11 Å². The smallest absolute Gasteiger partial charge is 0.288 e. The minimum atomic E-state index is -0.541. The highest BCUT2D eigenvalue weighted by molar-refractivity contribution is 5.56. The van der Waals surface area contributed by atoms with Gasteiger partial charge >= 0.3 is 0 Å². The molecule has 1 aromatic rings. The van der Waals surface area contributed by atoms with Crippen molar-refractivity contribution < 1.29 is 5.11 Å². The zero-order chi connectivity index (χ0) is 14.6. The van der Waals surface area contributed by atoms with Gasteiger partial charge in [0.25, 0.3) is 5.56 Å². The average Bonchev–Trinajstić information content (AvgIpc) is 2.35. The second kappa shape index (κ2) is 6.19. The Morgan fingerprint density at radius 1 is 1.47 bits per heavy atom. The topological polar surface area (TPSA) is 78.9 Å². The highest BCUT2D eigenvalue weighted by Gasteiger charge is 2.17. The lowest BCUT2D eigenvalue weighted by Gasteiger charge is -2.16. The summed E-state index contributed by atoms with van der Waals surface area (Å²) in [5.41, 5.74) is -0.547. The summed E-state index contributed by atoms with van der Waals surface area (Å²) in [5, 5.41) is 22.9. The van der Waals surface area contributed by atoms with Crippen LogP contribution in [0.1, 0.15) is 39.0 Å². The molecule has 5 nitrogen and oxygen atoms in total. The fourth-order valence-electron chi connectivity index (χ4n) is 1.56. The van der Waals surface area contributed by atoms with Crippen LogP contribution in [0.4, 0.5) is 0 Å². The largest absolute Gasteiger partial charge is 0.504 e. The molecule has 0 saturated carbocycles. The molecule has 5 heteroatoms. The SMILES string of the molecule is C/C=C\c1nn(CC(C)C(C)C)c(=O)c(C#N)c1O. The van der Waals surface area contributed by atoms with E-state index in [1.165, 1.54) is 4.68 Å². The van der Waals surface area contributed by atoms with Crippen molar-refractivity contribution in [2.24, 2.45) is 11.8 Å². The van der Waals surface area contributed by atoms with Crippen LogP contribution in [-0.4, -0.2) is 14.9 Å². The normalized spacial score (nSPS) is 12.8. The van der Waals surface area contributed by atoms with Gasteiger partial charge in [-0.1, -0.05) is 26.8 Å². The molecule has 0 amide bonds. The van der Waals surface area contributed by atoms with Crippen molar-refractivity contribution in [3.8, 4) is 11.8 Å². The van der Waals surface area contributed by atoms with Crippen LogP contribution < -0.4 is 5.56 Å². The Kier molecular flexibility index (Phi) is 4.87. The minimum absolute atomic E-state index is 0.245. The van der Waals surface area contributed by atoms with E-state index in [9.17, 15) is 9.90 Å². The van der Waals surface area contributed by atoms with Crippen molar-refractivity contribution in [2.75, 3.05) is 0 Å². The van der Waals surface area contributed by atoms with Gasteiger partial charge in [-0.15, -0.1) is 0 Å². The lowest BCUT2D eigenvalue weighted by atomic mass is 9.98. The van der Waals surface area contributed by atoms with Crippen LogP contribution in [-0.2, 0) is 6.54 Å². The van der Waals surface area contributed by atoms with Crippen molar-refractivity contribution in [1.82, 2.24) is 9.78 Å². The number of aromatic hydroxyl groups is 1. The summed E-state index contributed by atoms with van der Waals surface area (Å²) in [6.45, 7) is 8.35. The van der Waals surface area contributed by atoms with Crippen LogP contribution in [0, 0.1) is 23.2 Å². The fourth-order valence-corrected chi connectivity index (χ4v) is 1.56. The number of hydrogen-bond donors (Lipinski definition) is 1. The zero-order valence-electron chi connectivity index (χ0n) is 11.7. The van der Waals surface area contributed by atoms with Gasteiger partial charge in [0.1, 0.15) is 11.8 Å². The maximum absolute atomic E-state index is 12.0. The van der Waals surface area contributed by atoms with Gasteiger partial charge in [0.15, 0.2) is 11.3 Å². The third kappa shape index (κ3) is 3.22. The maximum atomic E-state index is 12.0. The second-order valence-electron chi connectivity index (χ2n) is 4.93. The lowest BCUT2D eigenvalue weighted by molar-refractivity contribution is 0.337. The first-order valence-corrected chi connectivity index (χ1v) is 6.29. The monoisotopic (exact) mass is 261 g/mol. The summed E-state index contributed by atoms with van der Waals surface area (Å²) in [6.07, 6.45) is 3.27. The third-order valence-corrected chi connectivity index (χ3v) is 3.19. The van der Waals surface area contributed by atoms with Crippen LogP contribution in [0.2, 0.25) is 0 Å². The van der Waals surface area contributed by atoms with Gasteiger partial charge in [0.2, 0.25) is 0 Å². The number of allylic oxidation sites excluding steroid dienone is 1. The fraction of sp³-hybridized carbons (Fsp3) is 0.500. The summed E-state index contributed by atoms with van der Waals surface area (Å²) >= 11 is 0. The summed E-state index contributed by atoms with van der Waals surface area (Å²) < 4.78 is 1.26. The summed E-state index contributed by atoms with van der Waals surface area (Å²) in [7, 11) is 0. The van der Waals surface area contributed by atoms with Crippen molar-refractivity contribution in [3.63, 3.8) is 0 Å². The molecule has 0 aliphatic rings. The Labute approximate surface area is 112 Å². The van der Waals surface area contributed by atoms with Crippen LogP contribution in [0.3, 0.4) is 0 Å². The van der Waals surface area contributed by atoms with Gasteiger partial charge in [0, 0.05) is 6.54 Å². The van der Waals surface area contributed by atoms with Crippen molar-refractivity contribution in [1.29, 1.82) is 5.26 Å². The van der Waals surface area contributed by atoms with Crippen molar-refractivity contribution >= 4 is 6.08 Å². The second-order valence-corrected chi connectivity index (χ2v) is 4.93. The molecular weight excluding hydrogens is 242 g/mol. The minimum Gasteiger partial charge on any atom is -0.504 e. The van der Waals surface area contributed by atoms with Gasteiger partial charge in [-0.05, 0) is 24.8 Å². The third-order valence-electron chi connectivity index (χ3n) is 3.19. The first-order valence-electron chi connectivity index (χ1n) is 6.29. The van der Waals surface area contributed by atoms with E-state index in [0.29, 0.717) is 12.5 Å². The van der Waals surface area contributed by atoms with Crippen LogP contribution in [0.15, 0.2) is 10.9 Å². The molecule has 1 atom stereocenters. The van der Waals surface area contributed by atoms with E-state index in [-0.39, 0.29) is 22.9 Å². The van der Waals surface area contributed by atoms with E-state index in [1.54, 1.807) is 25.1 Å². The summed E-state index contributed by atoms with van der Waals surface area (Å²) in [6, 6.07) is 1.75. The van der Waals surface area contributed by atoms with E-state index in [1.807, 2.05) is 6.92 Å². The van der Waals surface area contributed by atoms with Crippen molar-refractivity contribution in [2.45, 2.75) is 34.2 Å². The molecule has 0 saturated heterocycles. The number of rotatable bonds is 4. The van der Waals surface area contributed by atoms with Gasteiger partial charge in [-0.2, -0.15) is 10.4 Å². The lowest BCUT2D eigenvalue weighted by Crippen LogP contribution is -2.29. The maximum Gasteiger partial charge on any atom is 0.288 e. The Bertz CT molecular complexity index is 580. The Morgan fingerprint density at radius 3 is 2.58 bits per heavy atom. The molecule has 0 fully saturated rings. The molecule has 19 heavy (non-hydrogen) atoms. The summed E-state index contributed by atoms with van der Waals surface area (Å²) in [5.74, 6) is 0.303. The molecule has 1 heterocycles. The number of aromatic nitrogens is 2. The van der Waals surface area contributed by atoms with Crippen LogP contribution in [0.25, 0.3) is 6.08 Å². The quantitative estimate of drug-likeness (QED) is 0.900. The highest BCUT2D eigenvalue weighted by atomic mass is 16.3. The number of nitrogens with zero attached hydrogens (tertiary/aromatic N) is 3. The first kappa shape index (κ1) is 15.0. The Balaban J connectivity index is 3.37. The first-order chi connectivity index (χ1) is 8.92. The zero-order valence-corrected chi connectivity index (χ0v) is 11.7. The Hall–Kier alpha value is -2.09. The Morgan fingerprint density at radius 2 is 2.11 bits per heavy atom. The molecule has 0 aliphatic heterocycles. The van der Waals surface area contributed by atoms with E-state index >= 15 is 0 Å². The van der Waals surface area contributed by atoms with Gasteiger partial charge in [0.05, 0.1) is 0 Å².